The Morgan fingerprint density at radius 1 is 1.12 bits per heavy atom. The fourth-order valence-electron chi connectivity index (χ4n) is 5.53. The summed E-state index contributed by atoms with van der Waals surface area (Å²) in [6.07, 6.45) is 1.17. The molecule has 0 bridgehead atoms. The number of carbonyl (C=O) groups is 1. The predicted octanol–water partition coefficient (Wildman–Crippen LogP) is 7.32. The third-order valence-electron chi connectivity index (χ3n) is 8.78. The van der Waals surface area contributed by atoms with E-state index in [0.717, 1.165) is 23.4 Å². The van der Waals surface area contributed by atoms with Crippen molar-refractivity contribution in [3.63, 3.8) is 0 Å². The second-order valence-corrected chi connectivity index (χ2v) is 23.8. The van der Waals surface area contributed by atoms with Crippen molar-refractivity contribution >= 4 is 39.8 Å². The van der Waals surface area contributed by atoms with E-state index in [0.29, 0.717) is 30.8 Å². The van der Waals surface area contributed by atoms with Gasteiger partial charge in [-0.3, -0.25) is 4.79 Å². The van der Waals surface area contributed by atoms with E-state index in [1.165, 1.54) is 6.07 Å². The van der Waals surface area contributed by atoms with E-state index in [1.807, 2.05) is 24.3 Å². The molecule has 2 aromatic rings. The van der Waals surface area contributed by atoms with Crippen molar-refractivity contribution in [2.24, 2.45) is 0 Å². The van der Waals surface area contributed by atoms with Crippen LogP contribution in [0.15, 0.2) is 30.3 Å². The maximum Gasteiger partial charge on any atom is 0.227 e. The summed E-state index contributed by atoms with van der Waals surface area (Å²) in [5.41, 5.74) is 1.29. The molecule has 1 fully saturated rings. The average Bonchev–Trinajstić information content (AvgIpc) is 2.91. The molecule has 43 heavy (non-hydrogen) atoms. The highest BCUT2D eigenvalue weighted by Crippen LogP contribution is 2.44. The minimum Gasteiger partial charge on any atom is -0.497 e. The van der Waals surface area contributed by atoms with E-state index >= 15 is 4.39 Å². The molecule has 0 aliphatic carbocycles. The zero-order chi connectivity index (χ0) is 31.8. The van der Waals surface area contributed by atoms with Gasteiger partial charge in [-0.2, -0.15) is 0 Å². The normalized spacial score (nSPS) is 21.5. The summed E-state index contributed by atoms with van der Waals surface area (Å²) in [6.45, 7) is 19.6. The number of hydrogen-bond acceptors (Lipinski definition) is 6. The number of benzene rings is 2. The summed E-state index contributed by atoms with van der Waals surface area (Å²) in [4.78, 5) is 14.7. The molecule has 0 saturated carbocycles. The number of piperidine rings is 1. The number of methoxy groups -OCH3 is 1. The molecule has 238 valence electrons. The lowest BCUT2D eigenvalue weighted by molar-refractivity contribution is -0.119. The van der Waals surface area contributed by atoms with E-state index in [-0.39, 0.29) is 41.6 Å². The van der Waals surface area contributed by atoms with Crippen LogP contribution in [-0.4, -0.2) is 61.1 Å². The molecular weight excluding hydrogens is 603 g/mol. The first-order chi connectivity index (χ1) is 20.0. The number of hydrogen-bond donors (Lipinski definition) is 1. The summed E-state index contributed by atoms with van der Waals surface area (Å²) in [5, 5.41) is 3.45. The topological polar surface area (TPSA) is 69.3 Å². The number of fused-ring (bicyclic) bond motifs is 1. The van der Waals surface area contributed by atoms with Crippen LogP contribution in [0.5, 0.6) is 11.5 Å². The number of halogens is 2. The van der Waals surface area contributed by atoms with E-state index in [9.17, 15) is 4.79 Å². The Morgan fingerprint density at radius 2 is 1.79 bits per heavy atom. The van der Waals surface area contributed by atoms with Crippen molar-refractivity contribution in [2.75, 3.05) is 31.7 Å². The number of ether oxygens (including phenoxy) is 2. The smallest absolute Gasteiger partial charge is 0.227 e. The minimum absolute atomic E-state index is 0.0223. The maximum absolute atomic E-state index is 15.4. The first kappa shape index (κ1) is 33.9. The Bertz CT molecular complexity index is 1310. The standard InChI is InChI=1S/C32H48ClFN2O5Si2/c1-31(2,3)43(8,9)40-27-19-35-17-16-32(27,41-42(5,6)7)21-39-26-18-25(34)29(33)30-24(26)14-15-28(37)36(30)20-22-10-12-23(38-4)13-11-22/h10-13,18,27,35H,14-17,19-21H2,1-9H3/t27-,32-/m1/s1. The number of nitrogens with one attached hydrogen (secondary N) is 1. The highest BCUT2D eigenvalue weighted by Gasteiger charge is 2.50. The van der Waals surface area contributed by atoms with Gasteiger partial charge in [-0.25, -0.2) is 4.39 Å². The van der Waals surface area contributed by atoms with Gasteiger partial charge in [0, 0.05) is 24.6 Å². The Hall–Kier alpha value is -1.96. The van der Waals surface area contributed by atoms with E-state index < -0.39 is 28.1 Å². The molecule has 1 amide bonds. The highest BCUT2D eigenvalue weighted by atomic mass is 35.5. The first-order valence-corrected chi connectivity index (χ1v) is 21.8. The van der Waals surface area contributed by atoms with Crippen LogP contribution in [-0.2, 0) is 26.6 Å². The number of amides is 1. The third kappa shape index (κ3) is 7.65. The molecule has 0 spiro atoms. The summed E-state index contributed by atoms with van der Waals surface area (Å²) in [6, 6.07) is 8.82. The largest absolute Gasteiger partial charge is 0.497 e. The number of rotatable bonds is 10. The van der Waals surface area contributed by atoms with Crippen LogP contribution in [0.4, 0.5) is 10.1 Å². The SMILES string of the molecule is COc1ccc(CN2C(=O)CCc3c(OC[C@]4(O[Si](C)(C)C)CCNC[C@H]4O[Si](C)(C)C(C)(C)C)cc(F)c(Cl)c32)cc1. The Balaban J connectivity index is 1.69. The molecule has 2 atom stereocenters. The molecular formula is C32H48ClFN2O5Si2. The van der Waals surface area contributed by atoms with E-state index in [1.54, 1.807) is 12.0 Å². The van der Waals surface area contributed by atoms with Gasteiger partial charge in [-0.15, -0.1) is 0 Å². The fraction of sp³-hybridized carbons (Fsp3) is 0.594. The molecule has 7 nitrogen and oxygen atoms in total. The maximum atomic E-state index is 15.4. The van der Waals surface area contributed by atoms with Crippen LogP contribution in [0.25, 0.3) is 0 Å². The quantitative estimate of drug-likeness (QED) is 0.272. The van der Waals surface area contributed by atoms with Crippen LogP contribution in [0, 0.1) is 5.82 Å². The molecule has 2 aliphatic heterocycles. The van der Waals surface area contributed by atoms with Crippen LogP contribution in [0.3, 0.4) is 0 Å². The van der Waals surface area contributed by atoms with Gasteiger partial charge in [-0.1, -0.05) is 44.5 Å². The van der Waals surface area contributed by atoms with Gasteiger partial charge in [0.25, 0.3) is 0 Å². The van der Waals surface area contributed by atoms with Gasteiger partial charge >= 0.3 is 0 Å². The molecule has 1 N–H and O–H groups in total. The fourth-order valence-corrected chi connectivity index (χ4v) is 8.68. The van der Waals surface area contributed by atoms with Gasteiger partial charge in [-0.05, 0) is 74.9 Å². The van der Waals surface area contributed by atoms with Gasteiger partial charge < -0.3 is 28.5 Å². The molecule has 0 radical (unpaired) electrons. The minimum atomic E-state index is -2.15. The summed E-state index contributed by atoms with van der Waals surface area (Å²) in [7, 11) is -2.62. The Kier molecular flexibility index (Phi) is 10.1. The van der Waals surface area contributed by atoms with Crippen LogP contribution >= 0.6 is 11.6 Å². The monoisotopic (exact) mass is 650 g/mol. The summed E-state index contributed by atoms with van der Waals surface area (Å²) >= 11 is 6.57. The van der Waals surface area contributed by atoms with Crippen molar-refractivity contribution < 1.29 is 27.5 Å². The Morgan fingerprint density at radius 3 is 2.40 bits per heavy atom. The van der Waals surface area contributed by atoms with Crippen molar-refractivity contribution in [1.82, 2.24) is 5.32 Å². The van der Waals surface area contributed by atoms with Crippen molar-refractivity contribution in [2.45, 2.75) is 96.1 Å². The van der Waals surface area contributed by atoms with Crippen LogP contribution in [0.2, 0.25) is 42.8 Å². The zero-order valence-electron chi connectivity index (χ0n) is 27.2. The molecule has 1 saturated heterocycles. The lowest BCUT2D eigenvalue weighted by Gasteiger charge is -2.51. The molecule has 2 aliphatic rings. The molecule has 0 unspecified atom stereocenters. The van der Waals surface area contributed by atoms with Crippen molar-refractivity contribution in [3.8, 4) is 11.5 Å². The summed E-state index contributed by atoms with van der Waals surface area (Å²) < 4.78 is 41.3. The van der Waals surface area contributed by atoms with Crippen molar-refractivity contribution in [3.05, 3.63) is 52.3 Å². The predicted molar refractivity (Wildman–Crippen MR) is 176 cm³/mol. The second-order valence-electron chi connectivity index (χ2n) is 14.2. The molecule has 4 rings (SSSR count). The lowest BCUT2D eigenvalue weighted by atomic mass is 9.90. The highest BCUT2D eigenvalue weighted by molar-refractivity contribution is 6.74. The van der Waals surface area contributed by atoms with E-state index in [2.05, 4.69) is 58.8 Å². The first-order valence-electron chi connectivity index (χ1n) is 15.1. The zero-order valence-corrected chi connectivity index (χ0v) is 29.9. The molecule has 0 aromatic heterocycles. The number of anilines is 1. The average molecular weight is 651 g/mol. The Labute approximate surface area is 263 Å². The second kappa shape index (κ2) is 12.8. The third-order valence-corrected chi connectivity index (χ3v) is 14.6. The molecule has 11 heteroatoms. The van der Waals surface area contributed by atoms with Gasteiger partial charge in [0.2, 0.25) is 5.91 Å². The lowest BCUT2D eigenvalue weighted by Crippen LogP contribution is -2.65. The van der Waals surface area contributed by atoms with Crippen LogP contribution in [0.1, 0.15) is 44.7 Å². The molecule has 2 heterocycles. The van der Waals surface area contributed by atoms with E-state index in [4.69, 9.17) is 29.9 Å². The van der Waals surface area contributed by atoms with Crippen molar-refractivity contribution in [1.29, 1.82) is 0 Å². The van der Waals surface area contributed by atoms with Gasteiger partial charge in [0.1, 0.15) is 34.5 Å². The number of carbonyl (C=O) groups excluding carboxylic acids is 1. The van der Waals surface area contributed by atoms with Crippen LogP contribution < -0.4 is 19.7 Å². The summed E-state index contributed by atoms with van der Waals surface area (Å²) in [5.74, 6) is 0.385. The van der Waals surface area contributed by atoms with Gasteiger partial charge in [0.05, 0.1) is 25.4 Å². The van der Waals surface area contributed by atoms with Gasteiger partial charge in [0.15, 0.2) is 16.6 Å². The number of nitrogens with zero attached hydrogens (tertiary/aromatic N) is 1. The molecule has 2 aromatic carbocycles.